The van der Waals surface area contributed by atoms with Crippen molar-refractivity contribution in [1.29, 1.82) is 0 Å². The monoisotopic (exact) mass is 267 g/mol. The van der Waals surface area contributed by atoms with Gasteiger partial charge >= 0.3 is 5.97 Å². The molecular weight excluding hydrogens is 254 g/mol. The molecule has 0 aliphatic heterocycles. The van der Waals surface area contributed by atoms with Gasteiger partial charge in [-0.1, -0.05) is 6.08 Å². The lowest BCUT2D eigenvalue weighted by Crippen LogP contribution is -2.16. The molecule has 0 atom stereocenters. The number of Topliss-reactive ketones (excluding diaryl/α,β-unsaturated/α-hetero) is 1. The lowest BCUT2D eigenvalue weighted by molar-refractivity contribution is -0.137. The van der Waals surface area contributed by atoms with Crippen molar-refractivity contribution < 1.29 is 19.1 Å². The van der Waals surface area contributed by atoms with Crippen molar-refractivity contribution in [2.24, 2.45) is 5.73 Å². The van der Waals surface area contributed by atoms with Crippen LogP contribution in [0.2, 0.25) is 0 Å². The SMILES string of the molecule is CCOC(=O)C(=O)c1ccc(C=CCC(N)=O)s1. The van der Waals surface area contributed by atoms with E-state index in [1.54, 1.807) is 31.2 Å². The number of ketones is 1. The van der Waals surface area contributed by atoms with Crippen molar-refractivity contribution in [3.05, 3.63) is 28.0 Å². The first-order chi connectivity index (χ1) is 8.54. The van der Waals surface area contributed by atoms with Crippen LogP contribution in [0.25, 0.3) is 6.08 Å². The molecular formula is C12H13NO4S. The summed E-state index contributed by atoms with van der Waals surface area (Å²) in [5, 5.41) is 0. The number of primary amides is 1. The number of carbonyl (C=O) groups excluding carboxylic acids is 3. The number of carbonyl (C=O) groups is 3. The van der Waals surface area contributed by atoms with Crippen LogP contribution < -0.4 is 5.73 Å². The molecule has 1 amide bonds. The zero-order chi connectivity index (χ0) is 13.5. The summed E-state index contributed by atoms with van der Waals surface area (Å²) in [5.74, 6) is -1.94. The van der Waals surface area contributed by atoms with Crippen LogP contribution in [-0.2, 0) is 14.3 Å². The fourth-order valence-corrected chi connectivity index (χ4v) is 2.02. The molecule has 0 spiro atoms. The molecule has 18 heavy (non-hydrogen) atoms. The van der Waals surface area contributed by atoms with Crippen molar-refractivity contribution in [2.45, 2.75) is 13.3 Å². The molecule has 0 unspecified atom stereocenters. The molecule has 5 nitrogen and oxygen atoms in total. The topological polar surface area (TPSA) is 86.5 Å². The first-order valence-electron chi connectivity index (χ1n) is 5.30. The second kappa shape index (κ2) is 6.70. The van der Waals surface area contributed by atoms with Crippen LogP contribution in [0.1, 0.15) is 27.9 Å². The van der Waals surface area contributed by atoms with Gasteiger partial charge in [-0.05, 0) is 25.1 Å². The summed E-state index contributed by atoms with van der Waals surface area (Å²) in [6.07, 6.45) is 3.42. The van der Waals surface area contributed by atoms with Crippen molar-refractivity contribution >= 4 is 35.1 Å². The fraction of sp³-hybridized carbons (Fsp3) is 0.250. The van der Waals surface area contributed by atoms with E-state index < -0.39 is 17.7 Å². The average Bonchev–Trinajstić information content (AvgIpc) is 2.76. The summed E-state index contributed by atoms with van der Waals surface area (Å²) >= 11 is 1.16. The highest BCUT2D eigenvalue weighted by molar-refractivity contribution is 7.15. The Morgan fingerprint density at radius 1 is 1.39 bits per heavy atom. The second-order valence-electron chi connectivity index (χ2n) is 3.32. The van der Waals surface area contributed by atoms with Crippen molar-refractivity contribution in [2.75, 3.05) is 6.61 Å². The molecule has 0 aliphatic rings. The Balaban J connectivity index is 2.68. The molecule has 0 aliphatic carbocycles. The maximum Gasteiger partial charge on any atom is 0.380 e. The van der Waals surface area contributed by atoms with Gasteiger partial charge in [-0.2, -0.15) is 0 Å². The number of nitrogens with two attached hydrogens (primary N) is 1. The highest BCUT2D eigenvalue weighted by Crippen LogP contribution is 2.19. The average molecular weight is 267 g/mol. The summed E-state index contributed by atoms with van der Waals surface area (Å²) in [4.78, 5) is 34.4. The smallest absolute Gasteiger partial charge is 0.380 e. The van der Waals surface area contributed by atoms with E-state index in [4.69, 9.17) is 5.73 Å². The van der Waals surface area contributed by atoms with Crippen molar-refractivity contribution in [1.82, 2.24) is 0 Å². The molecule has 0 radical (unpaired) electrons. The summed E-state index contributed by atoms with van der Waals surface area (Å²) in [5.41, 5.74) is 4.98. The number of rotatable bonds is 6. The molecule has 1 heterocycles. The summed E-state index contributed by atoms with van der Waals surface area (Å²) in [6, 6.07) is 3.24. The lowest BCUT2D eigenvalue weighted by Gasteiger charge is -1.97. The Kier molecular flexibility index (Phi) is 5.26. The van der Waals surface area contributed by atoms with Gasteiger partial charge in [0.2, 0.25) is 5.91 Å². The molecule has 1 aromatic rings. The second-order valence-corrected chi connectivity index (χ2v) is 4.44. The maximum atomic E-state index is 11.6. The molecule has 6 heteroatoms. The van der Waals surface area contributed by atoms with Crippen LogP contribution in [0.3, 0.4) is 0 Å². The summed E-state index contributed by atoms with van der Waals surface area (Å²) in [7, 11) is 0. The third kappa shape index (κ3) is 4.14. The Hall–Kier alpha value is -1.95. The molecule has 0 saturated heterocycles. The van der Waals surface area contributed by atoms with Gasteiger partial charge in [0, 0.05) is 11.3 Å². The highest BCUT2D eigenvalue weighted by Gasteiger charge is 2.18. The molecule has 0 bridgehead atoms. The van der Waals surface area contributed by atoms with E-state index in [0.717, 1.165) is 16.2 Å². The van der Waals surface area contributed by atoms with Gasteiger partial charge in [0.25, 0.3) is 5.78 Å². The van der Waals surface area contributed by atoms with Gasteiger partial charge in [0.05, 0.1) is 11.5 Å². The third-order valence-electron chi connectivity index (χ3n) is 1.91. The van der Waals surface area contributed by atoms with Crippen LogP contribution in [0.15, 0.2) is 18.2 Å². The fourth-order valence-electron chi connectivity index (χ4n) is 1.15. The number of thiophene rings is 1. The summed E-state index contributed by atoms with van der Waals surface area (Å²) < 4.78 is 4.62. The van der Waals surface area contributed by atoms with E-state index in [-0.39, 0.29) is 13.0 Å². The van der Waals surface area contributed by atoms with Crippen LogP contribution in [0, 0.1) is 0 Å². The Morgan fingerprint density at radius 3 is 2.72 bits per heavy atom. The molecule has 0 fully saturated rings. The van der Waals surface area contributed by atoms with E-state index in [0.29, 0.717) is 4.88 Å². The predicted molar refractivity (Wildman–Crippen MR) is 68.1 cm³/mol. The van der Waals surface area contributed by atoms with Gasteiger partial charge in [0.1, 0.15) is 0 Å². The molecule has 2 N–H and O–H groups in total. The van der Waals surface area contributed by atoms with Crippen LogP contribution in [-0.4, -0.2) is 24.3 Å². The minimum absolute atomic E-state index is 0.138. The van der Waals surface area contributed by atoms with Crippen LogP contribution in [0.5, 0.6) is 0 Å². The standard InChI is InChI=1S/C12H13NO4S/c1-2-17-12(16)11(15)9-7-6-8(18-9)4-3-5-10(13)14/h3-4,6-7H,2,5H2,1H3,(H2,13,14). The van der Waals surface area contributed by atoms with E-state index >= 15 is 0 Å². The predicted octanol–water partition coefficient (Wildman–Crippen LogP) is 1.38. The number of hydrogen-bond donors (Lipinski definition) is 1. The van der Waals surface area contributed by atoms with Crippen LogP contribution in [0.4, 0.5) is 0 Å². The number of esters is 1. The third-order valence-corrected chi connectivity index (χ3v) is 2.96. The van der Waals surface area contributed by atoms with Gasteiger partial charge in [-0.25, -0.2) is 4.79 Å². The largest absolute Gasteiger partial charge is 0.460 e. The first kappa shape index (κ1) is 14.1. The van der Waals surface area contributed by atoms with Gasteiger partial charge < -0.3 is 10.5 Å². The van der Waals surface area contributed by atoms with Gasteiger partial charge in [-0.3, -0.25) is 9.59 Å². The highest BCUT2D eigenvalue weighted by atomic mass is 32.1. The van der Waals surface area contributed by atoms with Gasteiger partial charge in [0.15, 0.2) is 0 Å². The van der Waals surface area contributed by atoms with Gasteiger partial charge in [-0.15, -0.1) is 11.3 Å². The molecule has 1 rings (SSSR count). The first-order valence-corrected chi connectivity index (χ1v) is 6.12. The normalized spacial score (nSPS) is 10.5. The summed E-state index contributed by atoms with van der Waals surface area (Å²) in [6.45, 7) is 1.80. The Morgan fingerprint density at radius 2 is 2.11 bits per heavy atom. The Labute approximate surface area is 108 Å². The molecule has 0 saturated carbocycles. The van der Waals surface area contributed by atoms with Crippen molar-refractivity contribution in [3.63, 3.8) is 0 Å². The Bertz CT molecular complexity index is 490. The minimum atomic E-state index is -0.855. The van der Waals surface area contributed by atoms with E-state index in [1.807, 2.05) is 0 Å². The number of amides is 1. The quantitative estimate of drug-likeness (QED) is 0.479. The van der Waals surface area contributed by atoms with Crippen molar-refractivity contribution in [3.8, 4) is 0 Å². The number of ether oxygens (including phenoxy) is 1. The molecule has 96 valence electrons. The minimum Gasteiger partial charge on any atom is -0.460 e. The lowest BCUT2D eigenvalue weighted by atomic mass is 10.3. The van der Waals surface area contributed by atoms with E-state index in [2.05, 4.69) is 4.74 Å². The van der Waals surface area contributed by atoms with Crippen LogP contribution >= 0.6 is 11.3 Å². The zero-order valence-corrected chi connectivity index (χ0v) is 10.7. The van der Waals surface area contributed by atoms with E-state index in [1.165, 1.54) is 0 Å². The maximum absolute atomic E-state index is 11.6. The number of hydrogen-bond acceptors (Lipinski definition) is 5. The molecule has 0 aromatic carbocycles. The molecule has 1 aromatic heterocycles. The van der Waals surface area contributed by atoms with E-state index in [9.17, 15) is 14.4 Å². The zero-order valence-electron chi connectivity index (χ0n) is 9.84.